The van der Waals surface area contributed by atoms with Gasteiger partial charge in [-0.25, -0.2) is 0 Å². The zero-order chi connectivity index (χ0) is 24.9. The number of hydrogen-bond donors (Lipinski definition) is 4. The van der Waals surface area contributed by atoms with E-state index in [1.807, 2.05) is 19.1 Å². The molecule has 0 spiro atoms. The number of nitrogens with one attached hydrogen (secondary N) is 4. The van der Waals surface area contributed by atoms with Crippen LogP contribution >= 0.6 is 0 Å². The van der Waals surface area contributed by atoms with Crippen LogP contribution in [0.2, 0.25) is 5.54 Å². The van der Waals surface area contributed by atoms with Gasteiger partial charge in [-0.2, -0.15) is 0 Å². The number of rotatable bonds is 13. The van der Waals surface area contributed by atoms with E-state index in [-0.39, 0.29) is 17.4 Å². The van der Waals surface area contributed by atoms with Crippen LogP contribution in [0.1, 0.15) is 67.1 Å². The molecule has 2 atom stereocenters. The number of nitrogens with zero attached hydrogens (tertiary/aromatic N) is 1. The number of pyridine rings is 1. The first-order chi connectivity index (χ1) is 17.0. The number of benzene rings is 1. The molecule has 1 unspecified atom stereocenters. The molecule has 1 fully saturated rings. The summed E-state index contributed by atoms with van der Waals surface area (Å²) in [6.45, 7) is 5.34. The van der Waals surface area contributed by atoms with Gasteiger partial charge in [0.05, 0.1) is 0 Å². The van der Waals surface area contributed by atoms with E-state index in [1.54, 1.807) is 24.4 Å². The van der Waals surface area contributed by atoms with Gasteiger partial charge in [-0.15, -0.1) is 0 Å². The lowest BCUT2D eigenvalue weighted by Gasteiger charge is -2.22. The van der Waals surface area contributed by atoms with Crippen LogP contribution in [0, 0.1) is 0 Å². The first kappa shape index (κ1) is 27.0. The van der Waals surface area contributed by atoms with Crippen molar-refractivity contribution in [3.8, 4) is 0 Å². The molecule has 190 valence electrons. The van der Waals surface area contributed by atoms with Gasteiger partial charge in [0.1, 0.15) is 11.7 Å². The highest BCUT2D eigenvalue weighted by Gasteiger charge is 2.24. The summed E-state index contributed by atoms with van der Waals surface area (Å²) in [4.78, 5) is 29.3. The zero-order valence-electron chi connectivity index (χ0n) is 21.2. The highest BCUT2D eigenvalue weighted by molar-refractivity contribution is 6.14. The molecule has 0 aliphatic heterocycles. The minimum Gasteiger partial charge on any atom is -0.350 e. The summed E-state index contributed by atoms with van der Waals surface area (Å²) in [6, 6.07) is 13.6. The number of amides is 2. The number of carbonyl (C=O) groups is 2. The zero-order valence-corrected chi connectivity index (χ0v) is 23.2. The van der Waals surface area contributed by atoms with E-state index in [9.17, 15) is 9.59 Å². The number of hydrogen-bond acceptors (Lipinski definition) is 5. The van der Waals surface area contributed by atoms with Crippen LogP contribution in [-0.2, 0) is 17.9 Å². The van der Waals surface area contributed by atoms with Crippen LogP contribution in [0.5, 0.6) is 0 Å². The molecule has 4 N–H and O–H groups in total. The summed E-state index contributed by atoms with van der Waals surface area (Å²) in [7, 11) is 0.789. The Balaban J connectivity index is 1.35. The van der Waals surface area contributed by atoms with E-state index in [0.717, 1.165) is 47.9 Å². The van der Waals surface area contributed by atoms with Crippen LogP contribution in [-0.4, -0.2) is 52.2 Å². The van der Waals surface area contributed by atoms with E-state index in [4.69, 9.17) is 0 Å². The monoisotopic (exact) mass is 495 g/mol. The molecule has 1 aliphatic carbocycles. The summed E-state index contributed by atoms with van der Waals surface area (Å²) in [5, 5.41) is 13.0. The number of aromatic nitrogens is 1. The quantitative estimate of drug-likeness (QED) is 0.252. The lowest BCUT2D eigenvalue weighted by Crippen LogP contribution is -2.48. The molecule has 3 rings (SSSR count). The fourth-order valence-corrected chi connectivity index (χ4v) is 4.85. The Morgan fingerprint density at radius 3 is 2.37 bits per heavy atom. The minimum atomic E-state index is -0.563. The Labute approximate surface area is 212 Å². The topological polar surface area (TPSA) is 95.2 Å². The van der Waals surface area contributed by atoms with Crippen molar-refractivity contribution < 1.29 is 9.59 Å². The van der Waals surface area contributed by atoms with E-state index >= 15 is 0 Å². The van der Waals surface area contributed by atoms with E-state index in [1.165, 1.54) is 37.7 Å². The average Bonchev–Trinajstić information content (AvgIpc) is 2.89. The van der Waals surface area contributed by atoms with Crippen LogP contribution in [0.25, 0.3) is 0 Å². The van der Waals surface area contributed by atoms with Gasteiger partial charge in [-0.3, -0.25) is 14.6 Å². The highest BCUT2D eigenvalue weighted by Crippen LogP contribution is 2.17. The van der Waals surface area contributed by atoms with Crippen molar-refractivity contribution in [1.82, 2.24) is 26.3 Å². The van der Waals surface area contributed by atoms with Crippen molar-refractivity contribution in [3.63, 3.8) is 0 Å². The molecule has 1 saturated carbocycles. The predicted octanol–water partition coefficient (Wildman–Crippen LogP) is 2.07. The Morgan fingerprint density at radius 2 is 1.71 bits per heavy atom. The fraction of sp³-hybridized carbons (Fsp3) is 0.519. The molecular formula is C27H41N5O2Si. The van der Waals surface area contributed by atoms with Crippen molar-refractivity contribution in [1.29, 1.82) is 0 Å². The first-order valence-corrected chi connectivity index (χ1v) is 14.2. The second-order valence-corrected chi connectivity index (χ2v) is 11.6. The molecule has 0 bridgehead atoms. The minimum absolute atomic E-state index is 0.0916. The molecule has 1 heterocycles. The Morgan fingerprint density at radius 1 is 1.00 bits per heavy atom. The van der Waals surface area contributed by atoms with Crippen molar-refractivity contribution in [2.24, 2.45) is 0 Å². The molecule has 35 heavy (non-hydrogen) atoms. The summed E-state index contributed by atoms with van der Waals surface area (Å²) in [5.41, 5.74) is 2.68. The van der Waals surface area contributed by atoms with E-state index < -0.39 is 6.04 Å². The van der Waals surface area contributed by atoms with Crippen molar-refractivity contribution in [2.45, 2.75) is 76.2 Å². The van der Waals surface area contributed by atoms with Crippen LogP contribution in [0.15, 0.2) is 48.7 Å². The standard InChI is InChI=1S/C27H41N5O2Si/c1-20(35)25(32-26(33)24-10-5-6-16-30-24)27(34)31-19-22-13-11-21(12-14-22)18-28-15-7-17-29-23-8-3-2-4-9-23/h5-6,10-14,16,20,23,25,28-29H,2-4,7-9,15,17-19H2,1,35H3,(H,31,34)(H,32,33)/t20?,25-/m0/s1. The second-order valence-electron chi connectivity index (χ2n) is 9.76. The third-order valence-electron chi connectivity index (χ3n) is 6.52. The van der Waals surface area contributed by atoms with Crippen LogP contribution in [0.3, 0.4) is 0 Å². The normalized spacial score (nSPS) is 15.9. The average molecular weight is 496 g/mol. The van der Waals surface area contributed by atoms with Crippen molar-refractivity contribution in [3.05, 3.63) is 65.5 Å². The largest absolute Gasteiger partial charge is 0.350 e. The van der Waals surface area contributed by atoms with E-state index in [2.05, 4.69) is 38.4 Å². The first-order valence-electron chi connectivity index (χ1n) is 13.0. The Bertz CT molecular complexity index is 902. The summed E-state index contributed by atoms with van der Waals surface area (Å²) >= 11 is 0. The van der Waals surface area contributed by atoms with Crippen molar-refractivity contribution in [2.75, 3.05) is 13.1 Å². The Hall–Kier alpha value is -2.55. The van der Waals surface area contributed by atoms with Gasteiger partial charge in [-0.1, -0.05) is 56.5 Å². The van der Waals surface area contributed by atoms with Gasteiger partial charge in [-0.05, 0) is 61.2 Å². The fourth-order valence-electron chi connectivity index (χ4n) is 4.38. The van der Waals surface area contributed by atoms with Gasteiger partial charge < -0.3 is 21.3 Å². The van der Waals surface area contributed by atoms with Gasteiger partial charge in [0.2, 0.25) is 5.91 Å². The van der Waals surface area contributed by atoms with E-state index in [0.29, 0.717) is 12.2 Å². The van der Waals surface area contributed by atoms with Gasteiger partial charge in [0.25, 0.3) is 5.91 Å². The Kier molecular flexibility index (Phi) is 11.4. The summed E-state index contributed by atoms with van der Waals surface area (Å²) in [6.07, 6.45) is 9.52. The molecule has 1 aromatic carbocycles. The molecule has 1 aliphatic rings. The molecule has 2 aromatic rings. The molecular weight excluding hydrogens is 454 g/mol. The van der Waals surface area contributed by atoms with Gasteiger partial charge >= 0.3 is 0 Å². The molecule has 2 amide bonds. The maximum absolute atomic E-state index is 12.8. The van der Waals surface area contributed by atoms with Crippen LogP contribution in [0.4, 0.5) is 0 Å². The maximum atomic E-state index is 12.8. The smallest absolute Gasteiger partial charge is 0.270 e. The third-order valence-corrected chi connectivity index (χ3v) is 7.19. The summed E-state index contributed by atoms with van der Waals surface area (Å²) in [5.74, 6) is -0.487. The highest BCUT2D eigenvalue weighted by atomic mass is 28.1. The predicted molar refractivity (Wildman–Crippen MR) is 144 cm³/mol. The van der Waals surface area contributed by atoms with Gasteiger partial charge in [0, 0.05) is 35.6 Å². The molecule has 0 radical (unpaired) electrons. The molecule has 7 nitrogen and oxygen atoms in total. The lowest BCUT2D eigenvalue weighted by atomic mass is 9.95. The lowest BCUT2D eigenvalue weighted by molar-refractivity contribution is -0.123. The third kappa shape index (κ3) is 9.55. The molecule has 1 aromatic heterocycles. The SMILES string of the molecule is CC([SiH3])[C@H](NC(=O)c1ccccn1)C(=O)NCc1ccc(CNCCCNC2CCCCC2)cc1. The maximum Gasteiger partial charge on any atom is 0.270 e. The van der Waals surface area contributed by atoms with Crippen LogP contribution < -0.4 is 21.3 Å². The number of carbonyl (C=O) groups excluding carboxylic acids is 2. The van der Waals surface area contributed by atoms with Crippen molar-refractivity contribution >= 4 is 22.1 Å². The molecule has 0 saturated heterocycles. The van der Waals surface area contributed by atoms with Gasteiger partial charge in [0.15, 0.2) is 0 Å². The summed E-state index contributed by atoms with van der Waals surface area (Å²) < 4.78 is 0. The second kappa shape index (κ2) is 14.8. The molecule has 8 heteroatoms.